The van der Waals surface area contributed by atoms with Crippen molar-refractivity contribution in [1.29, 1.82) is 0 Å². The average Bonchev–Trinajstić information content (AvgIpc) is 2.67. The monoisotopic (exact) mass is 237 g/mol. The Balaban J connectivity index is 2.21. The Morgan fingerprint density at radius 2 is 2.35 bits per heavy atom. The van der Waals surface area contributed by atoms with Crippen LogP contribution in [0.4, 0.5) is 5.82 Å². The smallest absolute Gasteiger partial charge is 0.293 e. The lowest BCUT2D eigenvalue weighted by Gasteiger charge is -2.17. The van der Waals surface area contributed by atoms with Crippen LogP contribution in [0.25, 0.3) is 0 Å². The van der Waals surface area contributed by atoms with Gasteiger partial charge in [0.2, 0.25) is 0 Å². The summed E-state index contributed by atoms with van der Waals surface area (Å²) in [6.07, 6.45) is 4.42. The molecule has 1 aromatic heterocycles. The molecule has 5 heteroatoms. The summed E-state index contributed by atoms with van der Waals surface area (Å²) < 4.78 is 7.13. The van der Waals surface area contributed by atoms with Crippen molar-refractivity contribution >= 4 is 5.82 Å². The minimum absolute atomic E-state index is 0.0680. The third-order valence-electron chi connectivity index (χ3n) is 3.12. The van der Waals surface area contributed by atoms with E-state index in [0.29, 0.717) is 5.82 Å². The van der Waals surface area contributed by atoms with Crippen LogP contribution in [-0.2, 0) is 4.74 Å². The Hall–Kier alpha value is -1.36. The molecule has 2 atom stereocenters. The number of anilines is 1. The standard InChI is InChI=1S/C12H19N3O2/c1-8(2)15-6-5-13-11(12(15)16)14-10-4-7-17-9(10)3/h5-6,8-10H,4,7H2,1-3H3,(H,13,14). The quantitative estimate of drug-likeness (QED) is 0.863. The highest BCUT2D eigenvalue weighted by atomic mass is 16.5. The summed E-state index contributed by atoms with van der Waals surface area (Å²) in [7, 11) is 0. The summed E-state index contributed by atoms with van der Waals surface area (Å²) in [5, 5.41) is 3.18. The van der Waals surface area contributed by atoms with Gasteiger partial charge >= 0.3 is 0 Å². The van der Waals surface area contributed by atoms with Crippen LogP contribution >= 0.6 is 0 Å². The second-order valence-electron chi connectivity index (χ2n) is 4.70. The number of hydrogen-bond acceptors (Lipinski definition) is 4. The van der Waals surface area contributed by atoms with E-state index in [1.165, 1.54) is 0 Å². The summed E-state index contributed by atoms with van der Waals surface area (Å²) in [5.41, 5.74) is -0.0680. The van der Waals surface area contributed by atoms with E-state index in [-0.39, 0.29) is 23.7 Å². The van der Waals surface area contributed by atoms with Gasteiger partial charge in [-0.25, -0.2) is 4.98 Å². The zero-order valence-electron chi connectivity index (χ0n) is 10.5. The van der Waals surface area contributed by atoms with Crippen LogP contribution in [0.3, 0.4) is 0 Å². The van der Waals surface area contributed by atoms with Crippen LogP contribution in [0.5, 0.6) is 0 Å². The van der Waals surface area contributed by atoms with E-state index in [2.05, 4.69) is 10.3 Å². The van der Waals surface area contributed by atoms with Crippen LogP contribution in [0, 0.1) is 0 Å². The predicted molar refractivity (Wildman–Crippen MR) is 66.3 cm³/mol. The molecule has 1 saturated heterocycles. The van der Waals surface area contributed by atoms with Gasteiger partial charge in [-0.15, -0.1) is 0 Å². The van der Waals surface area contributed by atoms with Gasteiger partial charge in [0.05, 0.1) is 12.1 Å². The zero-order chi connectivity index (χ0) is 12.4. The lowest BCUT2D eigenvalue weighted by Crippen LogP contribution is -2.33. The molecule has 5 nitrogen and oxygen atoms in total. The summed E-state index contributed by atoms with van der Waals surface area (Å²) in [6.45, 7) is 6.71. The van der Waals surface area contributed by atoms with Gasteiger partial charge < -0.3 is 14.6 Å². The second kappa shape index (κ2) is 4.87. The van der Waals surface area contributed by atoms with Crippen molar-refractivity contribution in [2.45, 2.75) is 45.4 Å². The molecule has 2 rings (SSSR count). The lowest BCUT2D eigenvalue weighted by molar-refractivity contribution is 0.121. The summed E-state index contributed by atoms with van der Waals surface area (Å²) in [5.74, 6) is 0.420. The van der Waals surface area contributed by atoms with Gasteiger partial charge in [0, 0.05) is 25.0 Å². The molecule has 1 aliphatic rings. The van der Waals surface area contributed by atoms with Crippen LogP contribution in [-0.4, -0.2) is 28.3 Å². The van der Waals surface area contributed by atoms with Gasteiger partial charge in [0.1, 0.15) is 0 Å². The number of hydrogen-bond donors (Lipinski definition) is 1. The molecule has 1 N–H and O–H groups in total. The molecule has 0 saturated carbocycles. The molecule has 0 bridgehead atoms. The van der Waals surface area contributed by atoms with Gasteiger partial charge in [-0.1, -0.05) is 0 Å². The van der Waals surface area contributed by atoms with E-state index in [4.69, 9.17) is 4.74 Å². The minimum Gasteiger partial charge on any atom is -0.376 e. The largest absolute Gasteiger partial charge is 0.376 e. The van der Waals surface area contributed by atoms with Crippen molar-refractivity contribution in [2.24, 2.45) is 0 Å². The first-order chi connectivity index (χ1) is 8.09. The van der Waals surface area contributed by atoms with Crippen molar-refractivity contribution in [3.8, 4) is 0 Å². The predicted octanol–water partition coefficient (Wildman–Crippen LogP) is 1.41. The van der Waals surface area contributed by atoms with E-state index >= 15 is 0 Å². The van der Waals surface area contributed by atoms with Crippen molar-refractivity contribution in [3.63, 3.8) is 0 Å². The van der Waals surface area contributed by atoms with Crippen LogP contribution in [0.1, 0.15) is 33.2 Å². The summed E-state index contributed by atoms with van der Waals surface area (Å²) in [6, 6.07) is 0.321. The Morgan fingerprint density at radius 1 is 1.59 bits per heavy atom. The first-order valence-electron chi connectivity index (χ1n) is 6.05. The third kappa shape index (κ3) is 2.49. The number of nitrogens with one attached hydrogen (secondary N) is 1. The molecule has 2 heterocycles. The number of rotatable bonds is 3. The Kier molecular flexibility index (Phi) is 3.47. The fraction of sp³-hybridized carbons (Fsp3) is 0.667. The number of aromatic nitrogens is 2. The molecule has 1 fully saturated rings. The molecule has 2 unspecified atom stereocenters. The zero-order valence-corrected chi connectivity index (χ0v) is 10.5. The van der Waals surface area contributed by atoms with E-state index in [0.717, 1.165) is 13.0 Å². The molecule has 0 aromatic carbocycles. The Bertz CT molecular complexity index is 442. The SMILES string of the molecule is CC1OCCC1Nc1nccn(C(C)C)c1=O. The first kappa shape index (κ1) is 12.1. The molecule has 0 spiro atoms. The molecule has 94 valence electrons. The average molecular weight is 237 g/mol. The van der Waals surface area contributed by atoms with E-state index in [1.54, 1.807) is 17.0 Å². The van der Waals surface area contributed by atoms with E-state index < -0.39 is 0 Å². The molecular formula is C12H19N3O2. The first-order valence-corrected chi connectivity index (χ1v) is 6.05. The molecule has 1 aromatic rings. The van der Waals surface area contributed by atoms with Crippen molar-refractivity contribution in [3.05, 3.63) is 22.7 Å². The van der Waals surface area contributed by atoms with Gasteiger partial charge in [-0.05, 0) is 27.2 Å². The van der Waals surface area contributed by atoms with Gasteiger partial charge in [-0.2, -0.15) is 0 Å². The second-order valence-corrected chi connectivity index (χ2v) is 4.70. The van der Waals surface area contributed by atoms with Crippen molar-refractivity contribution in [2.75, 3.05) is 11.9 Å². The summed E-state index contributed by atoms with van der Waals surface area (Å²) in [4.78, 5) is 16.2. The van der Waals surface area contributed by atoms with E-state index in [9.17, 15) is 4.79 Å². The highest BCUT2D eigenvalue weighted by Crippen LogP contribution is 2.16. The van der Waals surface area contributed by atoms with Gasteiger partial charge in [0.15, 0.2) is 5.82 Å². The van der Waals surface area contributed by atoms with Crippen LogP contribution in [0.2, 0.25) is 0 Å². The normalized spacial score (nSPS) is 24.2. The van der Waals surface area contributed by atoms with Gasteiger partial charge in [0.25, 0.3) is 5.56 Å². The molecule has 17 heavy (non-hydrogen) atoms. The number of ether oxygens (including phenoxy) is 1. The maximum absolute atomic E-state index is 12.1. The van der Waals surface area contributed by atoms with Crippen LogP contribution < -0.4 is 10.9 Å². The van der Waals surface area contributed by atoms with Crippen molar-refractivity contribution < 1.29 is 4.74 Å². The fourth-order valence-electron chi connectivity index (χ4n) is 2.03. The van der Waals surface area contributed by atoms with E-state index in [1.807, 2.05) is 20.8 Å². The van der Waals surface area contributed by atoms with Gasteiger partial charge in [-0.3, -0.25) is 4.79 Å². The molecule has 1 aliphatic heterocycles. The topological polar surface area (TPSA) is 56.1 Å². The van der Waals surface area contributed by atoms with Crippen molar-refractivity contribution in [1.82, 2.24) is 9.55 Å². The Labute approximate surface area is 101 Å². The fourth-order valence-corrected chi connectivity index (χ4v) is 2.03. The minimum atomic E-state index is -0.0680. The highest BCUT2D eigenvalue weighted by Gasteiger charge is 2.25. The highest BCUT2D eigenvalue weighted by molar-refractivity contribution is 5.33. The maximum atomic E-state index is 12.1. The molecule has 0 aliphatic carbocycles. The lowest BCUT2D eigenvalue weighted by atomic mass is 10.1. The maximum Gasteiger partial charge on any atom is 0.293 e. The summed E-state index contributed by atoms with van der Waals surface area (Å²) >= 11 is 0. The molecule has 0 radical (unpaired) electrons. The molecule has 0 amide bonds. The third-order valence-corrected chi connectivity index (χ3v) is 3.12. The Morgan fingerprint density at radius 3 is 2.94 bits per heavy atom. The number of nitrogens with zero attached hydrogens (tertiary/aromatic N) is 2. The van der Waals surface area contributed by atoms with Crippen LogP contribution in [0.15, 0.2) is 17.2 Å². The molecular weight excluding hydrogens is 218 g/mol.